The first-order valence-electron chi connectivity index (χ1n) is 5.65. The second-order valence-electron chi connectivity index (χ2n) is 4.30. The van der Waals surface area contributed by atoms with Crippen molar-refractivity contribution in [3.63, 3.8) is 0 Å². The minimum absolute atomic E-state index is 0.642. The Morgan fingerprint density at radius 2 is 2.00 bits per heavy atom. The first-order chi connectivity index (χ1) is 6.26. The first-order valence-corrected chi connectivity index (χ1v) is 5.65. The predicted octanol–water partition coefficient (Wildman–Crippen LogP) is 4.05. The second kappa shape index (κ2) is 5.31. The molecule has 1 aliphatic carbocycles. The summed E-state index contributed by atoms with van der Waals surface area (Å²) in [6, 6.07) is 0. The zero-order chi connectivity index (χ0) is 9.68. The molecule has 0 saturated heterocycles. The van der Waals surface area contributed by atoms with Crippen LogP contribution in [0.25, 0.3) is 0 Å². The molecular weight excluding hydrogens is 160 g/mol. The molecule has 0 aromatic carbocycles. The van der Waals surface area contributed by atoms with E-state index >= 15 is 0 Å². The zero-order valence-electron chi connectivity index (χ0n) is 8.92. The van der Waals surface area contributed by atoms with Gasteiger partial charge in [-0.25, -0.2) is 0 Å². The van der Waals surface area contributed by atoms with Crippen LogP contribution in [-0.2, 0) is 0 Å². The number of aliphatic hydroxyl groups is 1. The van der Waals surface area contributed by atoms with Gasteiger partial charge in [-0.05, 0) is 30.8 Å². The molecule has 0 aromatic heterocycles. The average Bonchev–Trinajstić information content (AvgIpc) is 2.04. The van der Waals surface area contributed by atoms with Crippen molar-refractivity contribution in [2.45, 2.75) is 52.4 Å². The third-order valence-corrected chi connectivity index (χ3v) is 2.92. The molecule has 0 aliphatic heterocycles. The highest BCUT2D eigenvalue weighted by atomic mass is 16.3. The number of aliphatic hydroxyl groups excluding tert-OH is 1. The van der Waals surface area contributed by atoms with Gasteiger partial charge in [0.2, 0.25) is 0 Å². The third-order valence-electron chi connectivity index (χ3n) is 2.92. The summed E-state index contributed by atoms with van der Waals surface area (Å²) in [5, 5.41) is 9.56. The van der Waals surface area contributed by atoms with Crippen molar-refractivity contribution >= 4 is 0 Å². The van der Waals surface area contributed by atoms with E-state index in [4.69, 9.17) is 0 Å². The highest BCUT2D eigenvalue weighted by molar-refractivity contribution is 5.01. The van der Waals surface area contributed by atoms with Crippen LogP contribution < -0.4 is 0 Å². The Kier molecular flexibility index (Phi) is 4.34. The first kappa shape index (κ1) is 10.6. The van der Waals surface area contributed by atoms with Gasteiger partial charge in [0.15, 0.2) is 0 Å². The molecular formula is C12H22O. The Morgan fingerprint density at radius 1 is 1.31 bits per heavy atom. The van der Waals surface area contributed by atoms with Gasteiger partial charge < -0.3 is 5.11 Å². The molecule has 76 valence electrons. The second-order valence-corrected chi connectivity index (χ2v) is 4.30. The Balaban J connectivity index is 2.45. The normalized spacial score (nSPS) is 28.6. The quantitative estimate of drug-likeness (QED) is 0.695. The van der Waals surface area contributed by atoms with E-state index < -0.39 is 0 Å². The molecule has 1 aliphatic rings. The van der Waals surface area contributed by atoms with E-state index in [1.807, 2.05) is 0 Å². The SMILES string of the molecule is CCCC1C=C(O)CC(CCC)C1. The van der Waals surface area contributed by atoms with Gasteiger partial charge >= 0.3 is 0 Å². The molecule has 2 unspecified atom stereocenters. The van der Waals surface area contributed by atoms with Gasteiger partial charge in [0, 0.05) is 6.42 Å². The fraction of sp³-hybridized carbons (Fsp3) is 0.833. The van der Waals surface area contributed by atoms with E-state index in [-0.39, 0.29) is 0 Å². The number of hydrogen-bond acceptors (Lipinski definition) is 1. The van der Waals surface area contributed by atoms with E-state index in [0.29, 0.717) is 11.7 Å². The summed E-state index contributed by atoms with van der Waals surface area (Å²) < 4.78 is 0. The van der Waals surface area contributed by atoms with Gasteiger partial charge in [0.1, 0.15) is 0 Å². The smallest absolute Gasteiger partial charge is 0.0888 e. The van der Waals surface area contributed by atoms with Crippen LogP contribution in [0.4, 0.5) is 0 Å². The zero-order valence-corrected chi connectivity index (χ0v) is 8.92. The highest BCUT2D eigenvalue weighted by Crippen LogP contribution is 2.32. The van der Waals surface area contributed by atoms with Crippen LogP contribution in [0, 0.1) is 11.8 Å². The van der Waals surface area contributed by atoms with Gasteiger partial charge in [-0.3, -0.25) is 0 Å². The lowest BCUT2D eigenvalue weighted by atomic mass is 9.81. The monoisotopic (exact) mass is 182 g/mol. The molecule has 0 spiro atoms. The molecule has 1 nitrogen and oxygen atoms in total. The highest BCUT2D eigenvalue weighted by Gasteiger charge is 2.20. The lowest BCUT2D eigenvalue weighted by Crippen LogP contribution is -2.14. The summed E-state index contributed by atoms with van der Waals surface area (Å²) in [4.78, 5) is 0. The number of allylic oxidation sites excluding steroid dienone is 2. The maximum absolute atomic E-state index is 9.56. The summed E-state index contributed by atoms with van der Waals surface area (Å²) in [6.07, 6.45) is 9.29. The minimum Gasteiger partial charge on any atom is -0.513 e. The van der Waals surface area contributed by atoms with Crippen molar-refractivity contribution in [1.82, 2.24) is 0 Å². The molecule has 1 N–H and O–H groups in total. The molecule has 2 atom stereocenters. The number of hydrogen-bond donors (Lipinski definition) is 1. The standard InChI is InChI=1S/C12H22O/c1-3-5-10-7-11(6-4-2)9-12(13)8-10/h8,10-11,13H,3-7,9H2,1-2H3. The predicted molar refractivity (Wildman–Crippen MR) is 56.7 cm³/mol. The van der Waals surface area contributed by atoms with Crippen LogP contribution in [0.2, 0.25) is 0 Å². The average molecular weight is 182 g/mol. The van der Waals surface area contributed by atoms with Crippen molar-refractivity contribution in [3.8, 4) is 0 Å². The Labute approximate surface area is 81.9 Å². The van der Waals surface area contributed by atoms with Gasteiger partial charge in [-0.15, -0.1) is 0 Å². The van der Waals surface area contributed by atoms with E-state index in [1.165, 1.54) is 32.1 Å². The van der Waals surface area contributed by atoms with Crippen LogP contribution in [-0.4, -0.2) is 5.11 Å². The van der Waals surface area contributed by atoms with E-state index in [1.54, 1.807) is 0 Å². The van der Waals surface area contributed by atoms with Crippen LogP contribution in [0.1, 0.15) is 52.4 Å². The van der Waals surface area contributed by atoms with Gasteiger partial charge in [0.05, 0.1) is 5.76 Å². The van der Waals surface area contributed by atoms with Crippen LogP contribution in [0.15, 0.2) is 11.8 Å². The van der Waals surface area contributed by atoms with E-state index in [0.717, 1.165) is 12.3 Å². The maximum Gasteiger partial charge on any atom is 0.0888 e. The maximum atomic E-state index is 9.56. The van der Waals surface area contributed by atoms with Crippen LogP contribution in [0.5, 0.6) is 0 Å². The molecule has 1 heteroatoms. The molecule has 0 aromatic rings. The Bertz CT molecular complexity index is 172. The van der Waals surface area contributed by atoms with Gasteiger partial charge in [-0.1, -0.05) is 33.1 Å². The fourth-order valence-corrected chi connectivity index (χ4v) is 2.42. The van der Waals surface area contributed by atoms with Crippen molar-refractivity contribution in [2.24, 2.45) is 11.8 Å². The molecule has 0 radical (unpaired) electrons. The van der Waals surface area contributed by atoms with Crippen molar-refractivity contribution in [1.29, 1.82) is 0 Å². The van der Waals surface area contributed by atoms with Crippen LogP contribution >= 0.6 is 0 Å². The fourth-order valence-electron chi connectivity index (χ4n) is 2.42. The lowest BCUT2D eigenvalue weighted by molar-refractivity contribution is 0.272. The van der Waals surface area contributed by atoms with Crippen molar-refractivity contribution in [2.75, 3.05) is 0 Å². The Hall–Kier alpha value is -0.460. The minimum atomic E-state index is 0.642. The summed E-state index contributed by atoms with van der Waals surface area (Å²) in [5.74, 6) is 2.03. The topological polar surface area (TPSA) is 20.2 Å². The van der Waals surface area contributed by atoms with Crippen LogP contribution in [0.3, 0.4) is 0 Å². The Morgan fingerprint density at radius 3 is 2.62 bits per heavy atom. The molecule has 13 heavy (non-hydrogen) atoms. The number of rotatable bonds is 4. The summed E-state index contributed by atoms with van der Waals surface area (Å²) >= 11 is 0. The lowest BCUT2D eigenvalue weighted by Gasteiger charge is -2.25. The molecule has 0 fully saturated rings. The molecule has 0 saturated carbocycles. The summed E-state index contributed by atoms with van der Waals surface area (Å²) in [6.45, 7) is 4.44. The van der Waals surface area contributed by atoms with E-state index in [2.05, 4.69) is 19.9 Å². The molecule has 1 rings (SSSR count). The molecule has 0 amide bonds. The molecule has 0 heterocycles. The third kappa shape index (κ3) is 3.41. The van der Waals surface area contributed by atoms with Crippen molar-refractivity contribution < 1.29 is 5.11 Å². The summed E-state index contributed by atoms with van der Waals surface area (Å²) in [7, 11) is 0. The largest absolute Gasteiger partial charge is 0.513 e. The van der Waals surface area contributed by atoms with E-state index in [9.17, 15) is 5.11 Å². The van der Waals surface area contributed by atoms with Crippen molar-refractivity contribution in [3.05, 3.63) is 11.8 Å². The molecule has 0 bridgehead atoms. The van der Waals surface area contributed by atoms with Gasteiger partial charge in [0.25, 0.3) is 0 Å². The van der Waals surface area contributed by atoms with Gasteiger partial charge in [-0.2, -0.15) is 0 Å². The summed E-state index contributed by atoms with van der Waals surface area (Å²) in [5.41, 5.74) is 0.